The molecule has 0 aliphatic rings. The van der Waals surface area contributed by atoms with Gasteiger partial charge in [0.1, 0.15) is 10.8 Å². The molecule has 0 amide bonds. The van der Waals surface area contributed by atoms with E-state index in [0.717, 1.165) is 34.5 Å². The quantitative estimate of drug-likeness (QED) is 0.459. The summed E-state index contributed by atoms with van der Waals surface area (Å²) in [7, 11) is -4.01. The van der Waals surface area contributed by atoms with E-state index < -0.39 is 22.1 Å². The highest BCUT2D eigenvalue weighted by Crippen LogP contribution is 2.31. The van der Waals surface area contributed by atoms with E-state index in [0.29, 0.717) is 16.3 Å². The molecule has 11 heteroatoms. The van der Waals surface area contributed by atoms with Gasteiger partial charge in [-0.2, -0.15) is 0 Å². The maximum Gasteiger partial charge on any atom is 0.573 e. The number of nitrogens with zero attached hydrogens (tertiary/aromatic N) is 2. The summed E-state index contributed by atoms with van der Waals surface area (Å²) < 4.78 is 69.0. The maximum atomic E-state index is 12.6. The van der Waals surface area contributed by atoms with Gasteiger partial charge in [-0.3, -0.25) is 9.71 Å². The Hall–Kier alpha value is -3.18. The molecule has 2 aromatic carbocycles. The predicted octanol–water partition coefficient (Wildman–Crippen LogP) is 5.06. The number of alkyl halides is 3. The largest absolute Gasteiger partial charge is 0.573 e. The second-order valence-electron chi connectivity index (χ2n) is 6.07. The smallest absolute Gasteiger partial charge is 0.406 e. The number of hydrogen-bond donors (Lipinski definition) is 1. The number of rotatable bonds is 5. The second-order valence-corrected chi connectivity index (χ2v) is 8.78. The first kappa shape index (κ1) is 20.1. The van der Waals surface area contributed by atoms with Crippen LogP contribution in [0.4, 0.5) is 18.9 Å². The van der Waals surface area contributed by atoms with Crippen molar-refractivity contribution < 1.29 is 26.3 Å². The van der Waals surface area contributed by atoms with Gasteiger partial charge in [-0.1, -0.05) is 12.1 Å². The molecule has 0 saturated heterocycles. The lowest BCUT2D eigenvalue weighted by atomic mass is 10.2. The van der Waals surface area contributed by atoms with Crippen molar-refractivity contribution in [1.82, 2.24) is 9.97 Å². The summed E-state index contributed by atoms with van der Waals surface area (Å²) in [6.45, 7) is 0. The molecule has 2 aromatic heterocycles. The van der Waals surface area contributed by atoms with Crippen LogP contribution in [0.2, 0.25) is 0 Å². The highest BCUT2D eigenvalue weighted by molar-refractivity contribution is 7.92. The van der Waals surface area contributed by atoms with Gasteiger partial charge in [0, 0.05) is 23.6 Å². The third-order valence-electron chi connectivity index (χ3n) is 3.92. The summed E-state index contributed by atoms with van der Waals surface area (Å²) in [4.78, 5) is 8.37. The monoisotopic (exact) mass is 451 g/mol. The number of aromatic nitrogens is 2. The summed E-state index contributed by atoms with van der Waals surface area (Å²) in [6, 6.07) is 12.4. The second kappa shape index (κ2) is 7.58. The summed E-state index contributed by atoms with van der Waals surface area (Å²) in [5.41, 5.74) is 1.79. The number of benzene rings is 2. The van der Waals surface area contributed by atoms with Crippen LogP contribution < -0.4 is 9.46 Å². The molecule has 30 heavy (non-hydrogen) atoms. The Morgan fingerprint density at radius 1 is 1.03 bits per heavy atom. The minimum absolute atomic E-state index is 0.200. The van der Waals surface area contributed by atoms with Crippen molar-refractivity contribution in [2.24, 2.45) is 0 Å². The third-order valence-corrected chi connectivity index (χ3v) is 6.37. The Bertz CT molecular complexity index is 1270. The van der Waals surface area contributed by atoms with E-state index in [-0.39, 0.29) is 4.90 Å². The normalized spacial score (nSPS) is 12.1. The number of nitrogens with one attached hydrogen (secondary N) is 1. The van der Waals surface area contributed by atoms with E-state index in [1.807, 2.05) is 0 Å². The lowest BCUT2D eigenvalue weighted by Crippen LogP contribution is -2.17. The Morgan fingerprint density at radius 3 is 2.50 bits per heavy atom. The van der Waals surface area contributed by atoms with Crippen LogP contribution >= 0.6 is 11.3 Å². The van der Waals surface area contributed by atoms with Crippen molar-refractivity contribution in [3.63, 3.8) is 0 Å². The molecule has 0 unspecified atom stereocenters. The van der Waals surface area contributed by atoms with Gasteiger partial charge in [-0.25, -0.2) is 13.4 Å². The summed E-state index contributed by atoms with van der Waals surface area (Å²) >= 11 is 1.42. The number of thiazole rings is 1. The van der Waals surface area contributed by atoms with E-state index in [1.54, 1.807) is 42.7 Å². The number of sulfonamides is 1. The molecule has 0 aliphatic heterocycles. The lowest BCUT2D eigenvalue weighted by molar-refractivity contribution is -0.274. The molecule has 0 aliphatic carbocycles. The van der Waals surface area contributed by atoms with Crippen LogP contribution in [-0.2, 0) is 10.0 Å². The van der Waals surface area contributed by atoms with Crippen LogP contribution in [0.5, 0.6) is 5.75 Å². The molecule has 1 N–H and O–H groups in total. The fourth-order valence-corrected chi connectivity index (χ4v) is 4.63. The fraction of sp³-hybridized carbons (Fsp3) is 0.0526. The summed E-state index contributed by atoms with van der Waals surface area (Å²) in [5, 5.41) is 0.702. The maximum absolute atomic E-state index is 12.6. The van der Waals surface area contributed by atoms with Gasteiger partial charge in [0.05, 0.1) is 15.1 Å². The molecule has 0 fully saturated rings. The molecule has 4 aromatic rings. The van der Waals surface area contributed by atoms with Crippen LogP contribution in [0.25, 0.3) is 20.8 Å². The van der Waals surface area contributed by atoms with Crippen LogP contribution in [-0.4, -0.2) is 24.7 Å². The minimum atomic E-state index is -4.85. The van der Waals surface area contributed by atoms with E-state index in [9.17, 15) is 21.6 Å². The van der Waals surface area contributed by atoms with Gasteiger partial charge in [0.25, 0.3) is 10.0 Å². The topological polar surface area (TPSA) is 81.2 Å². The van der Waals surface area contributed by atoms with E-state index in [1.165, 1.54) is 11.3 Å². The molecule has 0 saturated carbocycles. The average molecular weight is 451 g/mol. The Morgan fingerprint density at radius 2 is 1.80 bits per heavy atom. The molecule has 0 bridgehead atoms. The first-order valence-electron chi connectivity index (χ1n) is 8.39. The summed E-state index contributed by atoms with van der Waals surface area (Å²) in [5.74, 6) is -0.506. The van der Waals surface area contributed by atoms with E-state index in [4.69, 9.17) is 0 Å². The van der Waals surface area contributed by atoms with Gasteiger partial charge in [0.15, 0.2) is 0 Å². The van der Waals surface area contributed by atoms with E-state index >= 15 is 0 Å². The number of halogens is 3. The molecule has 154 valence electrons. The van der Waals surface area contributed by atoms with Gasteiger partial charge < -0.3 is 4.74 Å². The first-order chi connectivity index (χ1) is 14.2. The van der Waals surface area contributed by atoms with Crippen LogP contribution in [0.3, 0.4) is 0 Å². The van der Waals surface area contributed by atoms with Crippen LogP contribution in [0, 0.1) is 0 Å². The number of pyridine rings is 1. The zero-order valence-electron chi connectivity index (χ0n) is 14.9. The van der Waals surface area contributed by atoms with Crippen LogP contribution in [0.1, 0.15) is 0 Å². The van der Waals surface area contributed by atoms with Gasteiger partial charge in [-0.05, 0) is 42.5 Å². The molecule has 0 spiro atoms. The minimum Gasteiger partial charge on any atom is -0.406 e. The number of anilines is 1. The molecule has 4 rings (SSSR count). The lowest BCUT2D eigenvalue weighted by Gasteiger charge is -2.11. The van der Waals surface area contributed by atoms with Gasteiger partial charge in [-0.15, -0.1) is 24.5 Å². The third kappa shape index (κ3) is 4.52. The van der Waals surface area contributed by atoms with Crippen molar-refractivity contribution in [3.05, 3.63) is 67.0 Å². The fourth-order valence-electron chi connectivity index (χ4n) is 2.65. The van der Waals surface area contributed by atoms with Crippen molar-refractivity contribution in [2.75, 3.05) is 4.72 Å². The van der Waals surface area contributed by atoms with Crippen molar-refractivity contribution in [3.8, 4) is 16.3 Å². The SMILES string of the molecule is O=S(=O)(Nc1cccc(-c2nc3ccncc3s2)c1)c1ccc(OC(F)(F)F)cc1. The first-order valence-corrected chi connectivity index (χ1v) is 10.7. The predicted molar refractivity (Wildman–Crippen MR) is 107 cm³/mol. The number of hydrogen-bond acceptors (Lipinski definition) is 6. The zero-order chi connectivity index (χ0) is 21.4. The molecule has 0 atom stereocenters. The summed E-state index contributed by atoms with van der Waals surface area (Å²) in [6.07, 6.45) is -1.51. The van der Waals surface area contributed by atoms with Crippen molar-refractivity contribution >= 4 is 37.3 Å². The zero-order valence-corrected chi connectivity index (χ0v) is 16.6. The molecular weight excluding hydrogens is 439 g/mol. The Labute approximate surface area is 173 Å². The number of ether oxygens (including phenoxy) is 1. The number of fused-ring (bicyclic) bond motifs is 1. The highest BCUT2D eigenvalue weighted by Gasteiger charge is 2.31. The Balaban J connectivity index is 1.57. The van der Waals surface area contributed by atoms with Crippen molar-refractivity contribution in [2.45, 2.75) is 11.3 Å². The average Bonchev–Trinajstić information content (AvgIpc) is 3.11. The molecule has 2 heterocycles. The highest BCUT2D eigenvalue weighted by atomic mass is 32.2. The van der Waals surface area contributed by atoms with Gasteiger partial charge in [0.2, 0.25) is 0 Å². The van der Waals surface area contributed by atoms with Gasteiger partial charge >= 0.3 is 6.36 Å². The standard InChI is InChI=1S/C19H12F3N3O3S2/c20-19(21,22)28-14-4-6-15(7-5-14)30(26,27)25-13-3-1-2-12(10-13)18-24-16-8-9-23-11-17(16)29-18/h1-11,25H. The molecule has 0 radical (unpaired) electrons. The van der Waals surface area contributed by atoms with Crippen LogP contribution in [0.15, 0.2) is 71.9 Å². The van der Waals surface area contributed by atoms with E-state index in [2.05, 4.69) is 19.4 Å². The molecular formula is C19H12F3N3O3S2. The van der Waals surface area contributed by atoms with Crippen molar-refractivity contribution in [1.29, 1.82) is 0 Å². The Kier molecular flexibility index (Phi) is 5.08. The molecule has 6 nitrogen and oxygen atoms in total.